The third-order valence-electron chi connectivity index (χ3n) is 3.63. The Morgan fingerprint density at radius 1 is 1.14 bits per heavy atom. The van der Waals surface area contributed by atoms with Crippen molar-refractivity contribution in [3.05, 3.63) is 47.0 Å². The Balaban J connectivity index is 2.11. The number of aromatic nitrogens is 4. The lowest BCUT2D eigenvalue weighted by Gasteiger charge is -2.11. The fourth-order valence-corrected chi connectivity index (χ4v) is 2.46. The van der Waals surface area contributed by atoms with Crippen molar-refractivity contribution in [2.45, 2.75) is 18.9 Å². The summed E-state index contributed by atoms with van der Waals surface area (Å²) in [5.41, 5.74) is 8.38. The van der Waals surface area contributed by atoms with Crippen LogP contribution in [0, 0.1) is 0 Å². The van der Waals surface area contributed by atoms with Crippen molar-refractivity contribution in [1.82, 2.24) is 19.5 Å². The molecule has 0 atom stereocenters. The zero-order valence-electron chi connectivity index (χ0n) is 11.2. The van der Waals surface area contributed by atoms with E-state index in [4.69, 9.17) is 5.73 Å². The van der Waals surface area contributed by atoms with Crippen LogP contribution in [0.25, 0.3) is 22.6 Å². The van der Waals surface area contributed by atoms with Crippen molar-refractivity contribution in [3.8, 4) is 11.4 Å². The van der Waals surface area contributed by atoms with E-state index in [1.807, 2.05) is 6.07 Å². The SMILES string of the molecule is Nc1ccnc2c1nc(-c1ccccn1)c(=O)n2C1CC1. The van der Waals surface area contributed by atoms with Gasteiger partial charge >= 0.3 is 0 Å². The van der Waals surface area contributed by atoms with Gasteiger partial charge in [-0.3, -0.25) is 14.3 Å². The van der Waals surface area contributed by atoms with Crippen molar-refractivity contribution in [2.24, 2.45) is 0 Å². The first-order valence-electron chi connectivity index (χ1n) is 6.84. The summed E-state index contributed by atoms with van der Waals surface area (Å²) in [6.45, 7) is 0. The van der Waals surface area contributed by atoms with Crippen LogP contribution in [0.2, 0.25) is 0 Å². The summed E-state index contributed by atoms with van der Waals surface area (Å²) < 4.78 is 1.71. The average molecular weight is 279 g/mol. The Labute approximate surface area is 120 Å². The Morgan fingerprint density at radius 2 is 2.00 bits per heavy atom. The zero-order valence-corrected chi connectivity index (χ0v) is 11.2. The molecule has 1 aliphatic rings. The van der Waals surface area contributed by atoms with E-state index in [1.54, 1.807) is 35.2 Å². The number of rotatable bonds is 2. The number of fused-ring (bicyclic) bond motifs is 1. The molecule has 6 heteroatoms. The predicted octanol–water partition coefficient (Wildman–Crippen LogP) is 1.77. The maximum absolute atomic E-state index is 12.8. The molecular weight excluding hydrogens is 266 g/mol. The number of nitrogens with zero attached hydrogens (tertiary/aromatic N) is 4. The van der Waals surface area contributed by atoms with Gasteiger partial charge < -0.3 is 5.73 Å². The first-order valence-corrected chi connectivity index (χ1v) is 6.84. The maximum atomic E-state index is 12.8. The van der Waals surface area contributed by atoms with Crippen LogP contribution in [0.3, 0.4) is 0 Å². The molecule has 0 aromatic carbocycles. The minimum atomic E-state index is -0.151. The van der Waals surface area contributed by atoms with Gasteiger partial charge in [0, 0.05) is 18.4 Å². The summed E-state index contributed by atoms with van der Waals surface area (Å²) in [6, 6.07) is 7.31. The van der Waals surface area contributed by atoms with Crippen LogP contribution in [0.1, 0.15) is 18.9 Å². The molecule has 3 aromatic rings. The van der Waals surface area contributed by atoms with Crippen LogP contribution in [-0.2, 0) is 0 Å². The van der Waals surface area contributed by atoms with Gasteiger partial charge in [0.25, 0.3) is 5.56 Å². The number of nitrogens with two attached hydrogens (primary N) is 1. The number of anilines is 1. The van der Waals surface area contributed by atoms with E-state index in [0.29, 0.717) is 28.2 Å². The molecule has 1 saturated carbocycles. The van der Waals surface area contributed by atoms with E-state index < -0.39 is 0 Å². The molecule has 0 bridgehead atoms. The normalized spacial score (nSPS) is 14.5. The van der Waals surface area contributed by atoms with E-state index in [9.17, 15) is 4.79 Å². The second kappa shape index (κ2) is 4.37. The topological polar surface area (TPSA) is 86.7 Å². The molecular formula is C15H13N5O. The van der Waals surface area contributed by atoms with Gasteiger partial charge in [-0.1, -0.05) is 6.07 Å². The molecule has 1 aliphatic carbocycles. The summed E-state index contributed by atoms with van der Waals surface area (Å²) in [7, 11) is 0. The highest BCUT2D eigenvalue weighted by atomic mass is 16.1. The van der Waals surface area contributed by atoms with Gasteiger partial charge in [0.15, 0.2) is 11.3 Å². The molecule has 0 amide bonds. The Kier molecular flexibility index (Phi) is 2.50. The smallest absolute Gasteiger partial charge is 0.280 e. The second-order valence-corrected chi connectivity index (χ2v) is 5.15. The second-order valence-electron chi connectivity index (χ2n) is 5.15. The fourth-order valence-electron chi connectivity index (χ4n) is 2.46. The lowest BCUT2D eigenvalue weighted by molar-refractivity contribution is 0.725. The highest BCUT2D eigenvalue weighted by Crippen LogP contribution is 2.36. The predicted molar refractivity (Wildman–Crippen MR) is 79.7 cm³/mol. The number of hydrogen-bond acceptors (Lipinski definition) is 5. The van der Waals surface area contributed by atoms with Gasteiger partial charge in [-0.05, 0) is 31.0 Å². The van der Waals surface area contributed by atoms with Gasteiger partial charge in [-0.15, -0.1) is 0 Å². The summed E-state index contributed by atoms with van der Waals surface area (Å²) in [6.07, 6.45) is 5.22. The average Bonchev–Trinajstić information content (AvgIpc) is 3.32. The van der Waals surface area contributed by atoms with Crippen molar-refractivity contribution >= 4 is 16.9 Å². The van der Waals surface area contributed by atoms with Crippen LogP contribution < -0.4 is 11.3 Å². The molecule has 3 aromatic heterocycles. The highest BCUT2D eigenvalue weighted by molar-refractivity contribution is 5.85. The molecule has 3 heterocycles. The molecule has 104 valence electrons. The summed E-state index contributed by atoms with van der Waals surface area (Å²) in [5, 5.41) is 0. The summed E-state index contributed by atoms with van der Waals surface area (Å²) in [5.74, 6) is 0. The van der Waals surface area contributed by atoms with E-state index in [1.165, 1.54) is 0 Å². The molecule has 2 N–H and O–H groups in total. The molecule has 21 heavy (non-hydrogen) atoms. The molecule has 0 aliphatic heterocycles. The van der Waals surface area contributed by atoms with Gasteiger partial charge in [-0.25, -0.2) is 9.97 Å². The number of nitrogen functional groups attached to an aromatic ring is 1. The van der Waals surface area contributed by atoms with Crippen LogP contribution in [-0.4, -0.2) is 19.5 Å². The van der Waals surface area contributed by atoms with E-state index in [0.717, 1.165) is 12.8 Å². The number of pyridine rings is 2. The van der Waals surface area contributed by atoms with Crippen LogP contribution >= 0.6 is 0 Å². The minimum absolute atomic E-state index is 0.151. The monoisotopic (exact) mass is 279 g/mol. The van der Waals surface area contributed by atoms with Gasteiger partial charge in [-0.2, -0.15) is 0 Å². The molecule has 0 unspecified atom stereocenters. The van der Waals surface area contributed by atoms with Crippen molar-refractivity contribution in [1.29, 1.82) is 0 Å². The molecule has 6 nitrogen and oxygen atoms in total. The van der Waals surface area contributed by atoms with Crippen molar-refractivity contribution in [2.75, 3.05) is 5.73 Å². The summed E-state index contributed by atoms with van der Waals surface area (Å²) in [4.78, 5) is 25.7. The third-order valence-corrected chi connectivity index (χ3v) is 3.63. The van der Waals surface area contributed by atoms with E-state index >= 15 is 0 Å². The first kappa shape index (κ1) is 12.0. The van der Waals surface area contributed by atoms with Crippen molar-refractivity contribution in [3.63, 3.8) is 0 Å². The van der Waals surface area contributed by atoms with Crippen LogP contribution in [0.15, 0.2) is 41.5 Å². The van der Waals surface area contributed by atoms with Crippen LogP contribution in [0.5, 0.6) is 0 Å². The maximum Gasteiger partial charge on any atom is 0.280 e. The quantitative estimate of drug-likeness (QED) is 0.772. The molecule has 0 spiro atoms. The number of hydrogen-bond donors (Lipinski definition) is 1. The first-order chi connectivity index (χ1) is 10.3. The Bertz CT molecular complexity index is 884. The van der Waals surface area contributed by atoms with Gasteiger partial charge in [0.2, 0.25) is 0 Å². The standard InChI is InChI=1S/C15H13N5O/c16-10-6-8-18-14-12(10)19-13(11-3-1-2-7-17-11)15(21)20(14)9-4-5-9/h1-3,6-9H,4-5H2,(H2,16,18). The fraction of sp³-hybridized carbons (Fsp3) is 0.200. The van der Waals surface area contributed by atoms with E-state index in [-0.39, 0.29) is 11.6 Å². The van der Waals surface area contributed by atoms with Crippen LogP contribution in [0.4, 0.5) is 5.69 Å². The third kappa shape index (κ3) is 1.87. The van der Waals surface area contributed by atoms with E-state index in [2.05, 4.69) is 15.0 Å². The molecule has 4 rings (SSSR count). The Morgan fingerprint density at radius 3 is 2.71 bits per heavy atom. The molecule has 0 radical (unpaired) electrons. The lowest BCUT2D eigenvalue weighted by Crippen LogP contribution is -2.24. The van der Waals surface area contributed by atoms with Gasteiger partial charge in [0.05, 0.1) is 11.4 Å². The zero-order chi connectivity index (χ0) is 14.4. The molecule has 1 fully saturated rings. The highest BCUT2D eigenvalue weighted by Gasteiger charge is 2.29. The van der Waals surface area contributed by atoms with Crippen molar-refractivity contribution < 1.29 is 0 Å². The van der Waals surface area contributed by atoms with Gasteiger partial charge in [0.1, 0.15) is 5.52 Å². The largest absolute Gasteiger partial charge is 0.397 e. The molecule has 0 saturated heterocycles. The lowest BCUT2D eigenvalue weighted by atomic mass is 10.2. The Hall–Kier alpha value is -2.76. The summed E-state index contributed by atoms with van der Waals surface area (Å²) >= 11 is 0. The minimum Gasteiger partial charge on any atom is -0.397 e.